The number of rotatable bonds is 6. The van der Waals surface area contributed by atoms with E-state index < -0.39 is 11.9 Å². The Balaban J connectivity index is 2.15. The van der Waals surface area contributed by atoms with E-state index in [1.165, 1.54) is 0 Å². The van der Waals surface area contributed by atoms with Crippen LogP contribution in [-0.2, 0) is 9.59 Å². The predicted octanol–water partition coefficient (Wildman–Crippen LogP) is 2.29. The van der Waals surface area contributed by atoms with Crippen LogP contribution in [0.3, 0.4) is 0 Å². The summed E-state index contributed by atoms with van der Waals surface area (Å²) in [5.41, 5.74) is 0.314. The van der Waals surface area contributed by atoms with E-state index in [1.54, 1.807) is 0 Å². The average Bonchev–Trinajstić information content (AvgIpc) is 2.93. The molecule has 1 aliphatic rings. The van der Waals surface area contributed by atoms with E-state index in [0.29, 0.717) is 24.3 Å². The highest BCUT2D eigenvalue weighted by atomic mass is 16.4. The van der Waals surface area contributed by atoms with Gasteiger partial charge in [-0.25, -0.2) is 0 Å². The highest BCUT2D eigenvalue weighted by molar-refractivity contribution is 5.89. The van der Waals surface area contributed by atoms with Crippen molar-refractivity contribution < 1.29 is 14.7 Å². The lowest BCUT2D eigenvalue weighted by Crippen LogP contribution is -2.28. The summed E-state index contributed by atoms with van der Waals surface area (Å²) >= 11 is 0. The Morgan fingerprint density at radius 2 is 1.94 bits per heavy atom. The number of nitrogens with one attached hydrogen (secondary N) is 1. The molecule has 3 atom stereocenters. The van der Waals surface area contributed by atoms with Gasteiger partial charge in [0, 0.05) is 6.54 Å². The predicted molar refractivity (Wildman–Crippen MR) is 70.1 cm³/mol. The summed E-state index contributed by atoms with van der Waals surface area (Å²) in [7, 11) is 0. The minimum atomic E-state index is -0.851. The van der Waals surface area contributed by atoms with Gasteiger partial charge in [-0.15, -0.1) is 0 Å². The number of carboxylic acids is 1. The molecule has 3 unspecified atom stereocenters. The zero-order valence-electron chi connectivity index (χ0n) is 11.8. The van der Waals surface area contributed by atoms with Crippen molar-refractivity contribution in [1.82, 2.24) is 5.32 Å². The summed E-state index contributed by atoms with van der Waals surface area (Å²) in [5, 5.41) is 11.6. The molecule has 1 rings (SSSR count). The summed E-state index contributed by atoms with van der Waals surface area (Å²) in [5.74, 6) is -1.11. The molecule has 4 nitrogen and oxygen atoms in total. The molecule has 0 aromatic rings. The van der Waals surface area contributed by atoms with Crippen molar-refractivity contribution in [3.63, 3.8) is 0 Å². The van der Waals surface area contributed by atoms with Crippen LogP contribution >= 0.6 is 0 Å². The molecule has 104 valence electrons. The Morgan fingerprint density at radius 3 is 2.39 bits per heavy atom. The first-order valence-electron chi connectivity index (χ1n) is 6.71. The van der Waals surface area contributed by atoms with Crippen LogP contribution in [0.25, 0.3) is 0 Å². The maximum atomic E-state index is 11.6. The molecule has 0 aromatic heterocycles. The van der Waals surface area contributed by atoms with Gasteiger partial charge < -0.3 is 10.4 Å². The molecule has 0 bridgehead atoms. The number of hydrogen-bond acceptors (Lipinski definition) is 2. The number of amides is 1. The Morgan fingerprint density at radius 1 is 1.33 bits per heavy atom. The quantitative estimate of drug-likeness (QED) is 0.765. The fourth-order valence-electron chi connectivity index (χ4n) is 2.48. The minimum absolute atomic E-state index is 0.0923. The van der Waals surface area contributed by atoms with E-state index >= 15 is 0 Å². The van der Waals surface area contributed by atoms with Gasteiger partial charge in [0.1, 0.15) is 0 Å². The number of carbonyl (C=O) groups is 2. The van der Waals surface area contributed by atoms with Crippen LogP contribution < -0.4 is 5.32 Å². The Labute approximate surface area is 109 Å². The van der Waals surface area contributed by atoms with Gasteiger partial charge in [0.25, 0.3) is 0 Å². The first kappa shape index (κ1) is 15.0. The van der Waals surface area contributed by atoms with E-state index in [9.17, 15) is 9.59 Å². The van der Waals surface area contributed by atoms with Crippen LogP contribution in [0.1, 0.15) is 47.0 Å². The fraction of sp³-hybridized carbons (Fsp3) is 0.857. The normalized spacial score (nSPS) is 24.4. The standard InChI is InChI=1S/C14H25NO3/c1-9(8-14(2,3)4)5-6-15-12(16)10-7-11(10)13(17)18/h9-11H,5-8H2,1-4H3,(H,15,16)(H,17,18). The molecule has 0 spiro atoms. The van der Waals surface area contributed by atoms with Gasteiger partial charge >= 0.3 is 5.97 Å². The molecule has 1 aliphatic carbocycles. The number of aliphatic carboxylic acids is 1. The van der Waals surface area contributed by atoms with Gasteiger partial charge in [0.2, 0.25) is 5.91 Å². The summed E-state index contributed by atoms with van der Waals surface area (Å²) in [6.07, 6.45) is 2.58. The molecular formula is C14H25NO3. The lowest BCUT2D eigenvalue weighted by molar-refractivity contribution is -0.140. The van der Waals surface area contributed by atoms with Crippen molar-refractivity contribution in [2.45, 2.75) is 47.0 Å². The van der Waals surface area contributed by atoms with E-state index in [4.69, 9.17) is 5.11 Å². The van der Waals surface area contributed by atoms with E-state index in [0.717, 1.165) is 12.8 Å². The zero-order chi connectivity index (χ0) is 13.9. The van der Waals surface area contributed by atoms with Crippen molar-refractivity contribution in [3.8, 4) is 0 Å². The smallest absolute Gasteiger partial charge is 0.307 e. The third kappa shape index (κ3) is 5.07. The third-order valence-corrected chi connectivity index (χ3v) is 3.34. The molecule has 2 N–H and O–H groups in total. The van der Waals surface area contributed by atoms with Crippen LogP contribution in [0.15, 0.2) is 0 Å². The first-order chi connectivity index (χ1) is 8.20. The van der Waals surface area contributed by atoms with Crippen molar-refractivity contribution in [2.75, 3.05) is 6.54 Å². The molecular weight excluding hydrogens is 230 g/mol. The lowest BCUT2D eigenvalue weighted by Gasteiger charge is -2.23. The van der Waals surface area contributed by atoms with Crippen LogP contribution in [0.4, 0.5) is 0 Å². The van der Waals surface area contributed by atoms with Crippen molar-refractivity contribution in [1.29, 1.82) is 0 Å². The second-order valence-electron chi connectivity index (χ2n) is 6.74. The zero-order valence-corrected chi connectivity index (χ0v) is 11.8. The van der Waals surface area contributed by atoms with E-state index in [1.807, 2.05) is 0 Å². The summed E-state index contributed by atoms with van der Waals surface area (Å²) in [4.78, 5) is 22.2. The van der Waals surface area contributed by atoms with Gasteiger partial charge in [0.05, 0.1) is 11.8 Å². The first-order valence-corrected chi connectivity index (χ1v) is 6.71. The number of hydrogen-bond donors (Lipinski definition) is 2. The average molecular weight is 255 g/mol. The maximum absolute atomic E-state index is 11.6. The number of carboxylic acid groups (broad SMARTS) is 1. The molecule has 1 saturated carbocycles. The van der Waals surface area contributed by atoms with Gasteiger partial charge in [0.15, 0.2) is 0 Å². The Kier molecular flexibility index (Phi) is 4.77. The summed E-state index contributed by atoms with van der Waals surface area (Å²) < 4.78 is 0. The topological polar surface area (TPSA) is 66.4 Å². The molecule has 0 saturated heterocycles. The van der Waals surface area contributed by atoms with Crippen molar-refractivity contribution in [2.24, 2.45) is 23.2 Å². The van der Waals surface area contributed by atoms with Gasteiger partial charge in [-0.3, -0.25) is 9.59 Å². The van der Waals surface area contributed by atoms with Gasteiger partial charge in [-0.1, -0.05) is 27.7 Å². The van der Waals surface area contributed by atoms with E-state index in [-0.39, 0.29) is 11.8 Å². The van der Waals surface area contributed by atoms with Gasteiger partial charge in [-0.2, -0.15) is 0 Å². The minimum Gasteiger partial charge on any atom is -0.481 e. The molecule has 18 heavy (non-hydrogen) atoms. The van der Waals surface area contributed by atoms with Crippen molar-refractivity contribution in [3.05, 3.63) is 0 Å². The highest BCUT2D eigenvalue weighted by Crippen LogP contribution is 2.38. The molecule has 1 fully saturated rings. The Hall–Kier alpha value is -1.06. The van der Waals surface area contributed by atoms with Crippen LogP contribution in [-0.4, -0.2) is 23.5 Å². The Bertz CT molecular complexity index is 319. The molecule has 1 amide bonds. The van der Waals surface area contributed by atoms with Crippen LogP contribution in [0, 0.1) is 23.2 Å². The molecule has 0 aliphatic heterocycles. The monoisotopic (exact) mass is 255 g/mol. The molecule has 0 aromatic carbocycles. The highest BCUT2D eigenvalue weighted by Gasteiger charge is 2.48. The second kappa shape index (κ2) is 5.72. The van der Waals surface area contributed by atoms with Gasteiger partial charge in [-0.05, 0) is 30.6 Å². The molecule has 4 heteroatoms. The summed E-state index contributed by atoms with van der Waals surface area (Å²) in [6.45, 7) is 9.48. The third-order valence-electron chi connectivity index (χ3n) is 3.34. The maximum Gasteiger partial charge on any atom is 0.307 e. The molecule has 0 heterocycles. The fourth-order valence-corrected chi connectivity index (χ4v) is 2.48. The second-order valence-corrected chi connectivity index (χ2v) is 6.74. The van der Waals surface area contributed by atoms with E-state index in [2.05, 4.69) is 33.0 Å². The van der Waals surface area contributed by atoms with Crippen LogP contribution in [0.5, 0.6) is 0 Å². The van der Waals surface area contributed by atoms with Crippen molar-refractivity contribution >= 4 is 11.9 Å². The number of carbonyl (C=O) groups excluding carboxylic acids is 1. The summed E-state index contributed by atoms with van der Waals surface area (Å²) in [6, 6.07) is 0. The van der Waals surface area contributed by atoms with Crippen LogP contribution in [0.2, 0.25) is 0 Å². The lowest BCUT2D eigenvalue weighted by atomic mass is 9.84. The largest absolute Gasteiger partial charge is 0.481 e. The SMILES string of the molecule is CC(CCNC(=O)C1CC1C(=O)O)CC(C)(C)C. The molecule has 0 radical (unpaired) electrons.